The zero-order valence-electron chi connectivity index (χ0n) is 15.9. The van der Waals surface area contributed by atoms with Crippen LogP contribution in [-0.4, -0.2) is 30.7 Å². The number of imidazole rings is 1. The van der Waals surface area contributed by atoms with Crippen LogP contribution in [-0.2, 0) is 11.8 Å². The molecule has 3 aromatic rings. The van der Waals surface area contributed by atoms with Crippen LogP contribution in [0.2, 0.25) is 0 Å². The average Bonchev–Trinajstić information content (AvgIpc) is 3.18. The van der Waals surface area contributed by atoms with Gasteiger partial charge in [0.05, 0.1) is 21.3 Å². The first-order valence-electron chi connectivity index (χ1n) is 8.58. The van der Waals surface area contributed by atoms with E-state index in [2.05, 4.69) is 0 Å². The molecule has 0 saturated heterocycles. The number of aromatic nitrogens is 2. The molecule has 0 N–H and O–H groups in total. The molecule has 0 aliphatic carbocycles. The molecule has 0 spiro atoms. The van der Waals surface area contributed by atoms with Gasteiger partial charge in [-0.1, -0.05) is 30.3 Å². The Hall–Kier alpha value is -3.61. The summed E-state index contributed by atoms with van der Waals surface area (Å²) in [4.78, 5) is 25.7. The van der Waals surface area contributed by atoms with Crippen molar-refractivity contribution in [2.75, 3.05) is 14.2 Å². The van der Waals surface area contributed by atoms with Gasteiger partial charge in [0, 0.05) is 17.2 Å². The molecule has 7 heteroatoms. The first kappa shape index (κ1) is 19.2. The molecule has 0 aliphatic rings. The molecule has 1 atom stereocenters. The van der Waals surface area contributed by atoms with Crippen LogP contribution in [0.25, 0.3) is 0 Å². The van der Waals surface area contributed by atoms with Crippen LogP contribution in [0.1, 0.15) is 22.0 Å². The number of nitrogens with zero attached hydrogens (tertiary/aromatic N) is 2. The van der Waals surface area contributed by atoms with E-state index >= 15 is 0 Å². The van der Waals surface area contributed by atoms with E-state index in [0.717, 1.165) is 0 Å². The molecule has 0 radical (unpaired) electrons. The van der Waals surface area contributed by atoms with Gasteiger partial charge in [-0.2, -0.15) is 4.79 Å². The molecule has 0 bridgehead atoms. The first-order chi connectivity index (χ1) is 13.5. The minimum Gasteiger partial charge on any atom is -0.497 e. The highest BCUT2D eigenvalue weighted by atomic mass is 16.6. The maximum Gasteiger partial charge on any atom is 0.512 e. The summed E-state index contributed by atoms with van der Waals surface area (Å²) in [6, 6.07) is 13.7. The number of benzene rings is 2. The molecule has 1 heterocycles. The lowest BCUT2D eigenvalue weighted by Crippen LogP contribution is -2.27. The number of ether oxygens (including phenoxy) is 3. The lowest BCUT2D eigenvalue weighted by atomic mass is 9.99. The summed E-state index contributed by atoms with van der Waals surface area (Å²) < 4.78 is 19.1. The van der Waals surface area contributed by atoms with Crippen molar-refractivity contribution in [2.24, 2.45) is 7.05 Å². The summed E-state index contributed by atoms with van der Waals surface area (Å²) in [5, 5.41) is 0. The summed E-state index contributed by atoms with van der Waals surface area (Å²) in [6.45, 7) is 0. The second-order valence-electron chi connectivity index (χ2n) is 6.13. The van der Waals surface area contributed by atoms with Crippen LogP contribution < -0.4 is 14.0 Å². The van der Waals surface area contributed by atoms with Crippen LogP contribution in [0, 0.1) is 0 Å². The number of carbonyl (C=O) groups excluding carboxylic acids is 2. The van der Waals surface area contributed by atoms with Gasteiger partial charge in [0.2, 0.25) is 5.78 Å². The van der Waals surface area contributed by atoms with E-state index in [1.54, 1.807) is 72.8 Å². The van der Waals surface area contributed by atoms with Crippen molar-refractivity contribution in [1.29, 1.82) is 0 Å². The maximum absolute atomic E-state index is 13.1. The van der Waals surface area contributed by atoms with Gasteiger partial charge in [-0.3, -0.25) is 4.79 Å². The Morgan fingerprint density at radius 1 is 1.00 bits per heavy atom. The van der Waals surface area contributed by atoms with Crippen molar-refractivity contribution >= 4 is 11.9 Å². The predicted molar refractivity (Wildman–Crippen MR) is 101 cm³/mol. The molecule has 1 aromatic heterocycles. The van der Waals surface area contributed by atoms with Crippen molar-refractivity contribution in [3.8, 4) is 11.5 Å². The maximum atomic E-state index is 13.1. The van der Waals surface area contributed by atoms with Crippen LogP contribution in [0.3, 0.4) is 0 Å². The lowest BCUT2D eigenvalue weighted by Gasteiger charge is -2.17. The third-order valence-corrected chi connectivity index (χ3v) is 4.17. The molecular formula is C21H21N2O5+. The summed E-state index contributed by atoms with van der Waals surface area (Å²) in [7, 11) is 4.81. The van der Waals surface area contributed by atoms with Gasteiger partial charge in [0.25, 0.3) is 6.33 Å². The number of carbonyl (C=O) groups is 2. The largest absolute Gasteiger partial charge is 0.512 e. The van der Waals surface area contributed by atoms with Gasteiger partial charge in [-0.05, 0) is 12.1 Å². The van der Waals surface area contributed by atoms with Gasteiger partial charge < -0.3 is 14.2 Å². The minimum absolute atomic E-state index is 0.346. The Labute approximate surface area is 162 Å². The molecule has 0 saturated carbocycles. The number of aryl methyl sites for hydroxylation is 1. The van der Waals surface area contributed by atoms with E-state index in [9.17, 15) is 9.59 Å². The quantitative estimate of drug-likeness (QED) is 0.485. The van der Waals surface area contributed by atoms with Gasteiger partial charge >= 0.3 is 6.09 Å². The van der Waals surface area contributed by atoms with Crippen molar-refractivity contribution < 1.29 is 28.4 Å². The topological polar surface area (TPSA) is 70.6 Å². The summed E-state index contributed by atoms with van der Waals surface area (Å²) in [6.07, 6.45) is 2.98. The lowest BCUT2D eigenvalue weighted by molar-refractivity contribution is -0.670. The van der Waals surface area contributed by atoms with E-state index in [-0.39, 0.29) is 5.78 Å². The third-order valence-electron chi connectivity index (χ3n) is 4.17. The molecule has 1 unspecified atom stereocenters. The van der Waals surface area contributed by atoms with Crippen molar-refractivity contribution in [1.82, 2.24) is 4.57 Å². The standard InChI is InChI=1S/C21H21N2O5/c1-22-9-10-23(14-22)21(25)28-20(19(24)15-7-5-4-6-8-15)16-11-17(26-2)13-18(12-16)27-3/h4-14,20H,1-3H3/q+1. The normalized spacial score (nSPS) is 11.5. The van der Waals surface area contributed by atoms with Gasteiger partial charge in [-0.25, -0.2) is 4.57 Å². The number of ketones is 1. The number of rotatable bonds is 6. The average molecular weight is 381 g/mol. The minimum atomic E-state index is -1.16. The molecule has 28 heavy (non-hydrogen) atoms. The van der Waals surface area contributed by atoms with E-state index < -0.39 is 12.2 Å². The van der Waals surface area contributed by atoms with E-state index in [1.807, 2.05) is 6.07 Å². The fourth-order valence-corrected chi connectivity index (χ4v) is 2.73. The van der Waals surface area contributed by atoms with E-state index in [1.165, 1.54) is 18.8 Å². The Morgan fingerprint density at radius 3 is 2.18 bits per heavy atom. The summed E-state index contributed by atoms with van der Waals surface area (Å²) >= 11 is 0. The van der Waals surface area contributed by atoms with Crippen LogP contribution in [0.4, 0.5) is 4.79 Å². The molecule has 7 nitrogen and oxygen atoms in total. The Balaban J connectivity index is 2.01. The van der Waals surface area contributed by atoms with E-state index in [0.29, 0.717) is 22.6 Å². The second kappa shape index (κ2) is 8.39. The SMILES string of the molecule is COc1cc(OC)cc(C(OC(=O)n2cc[n+](C)c2)C(=O)c2ccccc2)c1. The zero-order valence-corrected chi connectivity index (χ0v) is 15.9. The van der Waals surface area contributed by atoms with Crippen molar-refractivity contribution in [2.45, 2.75) is 6.10 Å². The summed E-state index contributed by atoms with van der Waals surface area (Å²) in [5.41, 5.74) is 0.884. The zero-order chi connectivity index (χ0) is 20.1. The highest BCUT2D eigenvalue weighted by molar-refractivity contribution is 6.01. The molecule has 0 fully saturated rings. The fourth-order valence-electron chi connectivity index (χ4n) is 2.73. The van der Waals surface area contributed by atoms with Crippen LogP contribution in [0.5, 0.6) is 11.5 Å². The van der Waals surface area contributed by atoms with Crippen molar-refractivity contribution in [3.05, 3.63) is 78.4 Å². The molecule has 0 aliphatic heterocycles. The molecule has 3 rings (SSSR count). The first-order valence-corrected chi connectivity index (χ1v) is 8.58. The van der Waals surface area contributed by atoms with Gasteiger partial charge in [-0.15, -0.1) is 4.57 Å². The molecular weight excluding hydrogens is 360 g/mol. The number of hydrogen-bond donors (Lipinski definition) is 0. The Kier molecular flexibility index (Phi) is 5.74. The number of Topliss-reactive ketones (excluding diaryl/α,β-unsaturated/α-hetero) is 1. The van der Waals surface area contributed by atoms with Gasteiger partial charge in [0.1, 0.15) is 23.9 Å². The Bertz CT molecular complexity index is 959. The predicted octanol–water partition coefficient (Wildman–Crippen LogP) is 2.94. The fraction of sp³-hybridized carbons (Fsp3) is 0.190. The summed E-state index contributed by atoms with van der Waals surface area (Å²) in [5.74, 6) is 0.632. The van der Waals surface area contributed by atoms with Crippen LogP contribution in [0.15, 0.2) is 67.3 Å². The molecule has 144 valence electrons. The van der Waals surface area contributed by atoms with Gasteiger partial charge in [0.15, 0.2) is 6.10 Å². The van der Waals surface area contributed by atoms with Crippen molar-refractivity contribution in [3.63, 3.8) is 0 Å². The smallest absolute Gasteiger partial charge is 0.497 e. The highest BCUT2D eigenvalue weighted by Gasteiger charge is 2.30. The monoisotopic (exact) mass is 381 g/mol. The highest BCUT2D eigenvalue weighted by Crippen LogP contribution is 2.30. The third kappa shape index (κ3) is 4.20. The number of hydrogen-bond acceptors (Lipinski definition) is 5. The van der Waals surface area contributed by atoms with E-state index in [4.69, 9.17) is 14.2 Å². The Morgan fingerprint density at radius 2 is 1.64 bits per heavy atom. The van der Waals surface area contributed by atoms with Crippen LogP contribution >= 0.6 is 0 Å². The molecule has 2 aromatic carbocycles. The molecule has 0 amide bonds. The second-order valence-corrected chi connectivity index (χ2v) is 6.13. The number of methoxy groups -OCH3 is 2.